The van der Waals surface area contributed by atoms with Crippen molar-refractivity contribution in [2.45, 2.75) is 51.3 Å². The summed E-state index contributed by atoms with van der Waals surface area (Å²) in [6, 6.07) is 5.20. The van der Waals surface area contributed by atoms with Crippen LogP contribution in [0.4, 0.5) is 0 Å². The number of aryl methyl sites for hydroxylation is 1. The molecule has 3 fully saturated rings. The van der Waals surface area contributed by atoms with E-state index in [1.54, 1.807) is 0 Å². The average molecular weight is 321 g/mol. The molecule has 3 aliphatic heterocycles. The Morgan fingerprint density at radius 2 is 2.05 bits per heavy atom. The molecule has 3 nitrogen and oxygen atoms in total. The maximum atomic E-state index is 6.24. The quantitative estimate of drug-likeness (QED) is 0.851. The molecule has 3 saturated heterocycles. The van der Waals surface area contributed by atoms with Gasteiger partial charge in [-0.05, 0) is 63.7 Å². The third-order valence-electron chi connectivity index (χ3n) is 5.60. The fourth-order valence-corrected chi connectivity index (χ4v) is 5.51. The zero-order valence-electron chi connectivity index (χ0n) is 13.7. The summed E-state index contributed by atoms with van der Waals surface area (Å²) in [5, 5.41) is 0. The molecular formula is C18H28N2OS. The van der Waals surface area contributed by atoms with E-state index in [0.29, 0.717) is 12.1 Å². The molecule has 0 aromatic carbocycles. The number of nitrogens with zero attached hydrogens (tertiary/aromatic N) is 2. The molecule has 4 heteroatoms. The van der Waals surface area contributed by atoms with Crippen LogP contribution in [-0.4, -0.2) is 54.7 Å². The second-order valence-electron chi connectivity index (χ2n) is 7.25. The summed E-state index contributed by atoms with van der Waals surface area (Å²) in [6.07, 6.45) is 5.85. The van der Waals surface area contributed by atoms with Crippen LogP contribution < -0.4 is 0 Å². The van der Waals surface area contributed by atoms with Gasteiger partial charge in [0.2, 0.25) is 0 Å². The molecule has 0 unspecified atom stereocenters. The van der Waals surface area contributed by atoms with Gasteiger partial charge in [0.1, 0.15) is 0 Å². The Balaban J connectivity index is 1.48. The Morgan fingerprint density at radius 1 is 1.18 bits per heavy atom. The Hall–Kier alpha value is -0.420. The molecule has 4 heterocycles. The standard InChI is InChI=1S/C18H28N2OS/c1-14-6-7-16(22-14)12-19-11-15-5-4-10-21-18(15)17(13-19)20-8-2-3-9-20/h6-7,15,17-18H,2-5,8-13H2,1H3/t15-,17+,18-/m0/s1. The number of thiophene rings is 1. The lowest BCUT2D eigenvalue weighted by Gasteiger charge is -2.48. The van der Waals surface area contributed by atoms with Gasteiger partial charge in [-0.2, -0.15) is 0 Å². The second kappa shape index (κ2) is 6.60. The zero-order chi connectivity index (χ0) is 14.9. The van der Waals surface area contributed by atoms with E-state index in [4.69, 9.17) is 4.74 Å². The number of likely N-dealkylation sites (tertiary alicyclic amines) is 2. The van der Waals surface area contributed by atoms with Gasteiger partial charge >= 0.3 is 0 Å². The molecule has 3 atom stereocenters. The van der Waals surface area contributed by atoms with Crippen molar-refractivity contribution in [3.63, 3.8) is 0 Å². The van der Waals surface area contributed by atoms with E-state index in [9.17, 15) is 0 Å². The highest BCUT2D eigenvalue weighted by atomic mass is 32.1. The van der Waals surface area contributed by atoms with Gasteiger partial charge < -0.3 is 4.74 Å². The molecule has 1 aromatic heterocycles. The van der Waals surface area contributed by atoms with Gasteiger partial charge in [0.05, 0.1) is 6.10 Å². The van der Waals surface area contributed by atoms with Crippen molar-refractivity contribution in [3.8, 4) is 0 Å². The van der Waals surface area contributed by atoms with E-state index in [1.807, 2.05) is 11.3 Å². The first-order valence-corrected chi connectivity index (χ1v) is 9.74. The fourth-order valence-electron chi connectivity index (χ4n) is 4.58. The van der Waals surface area contributed by atoms with E-state index in [2.05, 4.69) is 28.9 Å². The van der Waals surface area contributed by atoms with E-state index < -0.39 is 0 Å². The number of ether oxygens (including phenoxy) is 1. The first-order chi connectivity index (χ1) is 10.8. The van der Waals surface area contributed by atoms with Crippen molar-refractivity contribution in [2.75, 3.05) is 32.8 Å². The fraction of sp³-hybridized carbons (Fsp3) is 0.778. The highest BCUT2D eigenvalue weighted by Gasteiger charge is 2.42. The van der Waals surface area contributed by atoms with Gasteiger partial charge in [-0.1, -0.05) is 0 Å². The summed E-state index contributed by atoms with van der Waals surface area (Å²) >= 11 is 1.96. The van der Waals surface area contributed by atoms with Gasteiger partial charge in [-0.3, -0.25) is 9.80 Å². The molecule has 0 amide bonds. The first kappa shape index (κ1) is 15.1. The van der Waals surface area contributed by atoms with Crippen molar-refractivity contribution in [2.24, 2.45) is 5.92 Å². The minimum atomic E-state index is 0.494. The highest BCUT2D eigenvalue weighted by molar-refractivity contribution is 7.11. The van der Waals surface area contributed by atoms with Crippen molar-refractivity contribution in [1.82, 2.24) is 9.80 Å². The minimum absolute atomic E-state index is 0.494. The average Bonchev–Trinajstić information content (AvgIpc) is 3.18. The number of hydrogen-bond acceptors (Lipinski definition) is 4. The molecule has 122 valence electrons. The molecule has 1 aromatic rings. The molecule has 22 heavy (non-hydrogen) atoms. The van der Waals surface area contributed by atoms with Gasteiger partial charge in [0.15, 0.2) is 0 Å². The van der Waals surface area contributed by atoms with E-state index in [0.717, 1.165) is 19.1 Å². The summed E-state index contributed by atoms with van der Waals surface area (Å²) in [5.74, 6) is 0.745. The monoisotopic (exact) mass is 320 g/mol. The van der Waals surface area contributed by atoms with Crippen LogP contribution in [0.1, 0.15) is 35.4 Å². The highest BCUT2D eigenvalue weighted by Crippen LogP contribution is 2.33. The minimum Gasteiger partial charge on any atom is -0.376 e. The zero-order valence-corrected chi connectivity index (χ0v) is 14.5. The van der Waals surface area contributed by atoms with Crippen LogP contribution in [0, 0.1) is 12.8 Å². The molecule has 0 spiro atoms. The summed E-state index contributed by atoms with van der Waals surface area (Å²) in [7, 11) is 0. The maximum Gasteiger partial charge on any atom is 0.0782 e. The first-order valence-electron chi connectivity index (χ1n) is 8.93. The van der Waals surface area contributed by atoms with E-state index >= 15 is 0 Å². The van der Waals surface area contributed by atoms with Crippen molar-refractivity contribution in [1.29, 1.82) is 0 Å². The van der Waals surface area contributed by atoms with Gasteiger partial charge in [-0.15, -0.1) is 11.3 Å². The van der Waals surface area contributed by atoms with Crippen LogP contribution in [0.2, 0.25) is 0 Å². The predicted octanol–water partition coefficient (Wildman–Crippen LogP) is 3.13. The predicted molar refractivity (Wildman–Crippen MR) is 91.4 cm³/mol. The van der Waals surface area contributed by atoms with Crippen molar-refractivity contribution >= 4 is 11.3 Å². The van der Waals surface area contributed by atoms with Gasteiger partial charge in [-0.25, -0.2) is 0 Å². The third-order valence-corrected chi connectivity index (χ3v) is 6.58. The van der Waals surface area contributed by atoms with E-state index in [1.165, 1.54) is 61.6 Å². The lowest BCUT2D eigenvalue weighted by atomic mass is 9.84. The molecule has 0 aliphatic carbocycles. The number of fused-ring (bicyclic) bond motifs is 1. The summed E-state index contributed by atoms with van der Waals surface area (Å²) in [5.41, 5.74) is 0. The lowest BCUT2D eigenvalue weighted by Crippen LogP contribution is -2.60. The molecule has 0 N–H and O–H groups in total. The normalized spacial score (nSPS) is 34.0. The Bertz CT molecular complexity index is 497. The molecule has 0 radical (unpaired) electrons. The van der Waals surface area contributed by atoms with Crippen LogP contribution in [0.3, 0.4) is 0 Å². The molecule has 4 rings (SSSR count). The molecule has 0 saturated carbocycles. The van der Waals surface area contributed by atoms with Crippen LogP contribution in [-0.2, 0) is 11.3 Å². The summed E-state index contributed by atoms with van der Waals surface area (Å²) in [4.78, 5) is 8.37. The molecule has 3 aliphatic rings. The Labute approximate surface area is 138 Å². The topological polar surface area (TPSA) is 15.7 Å². The maximum absolute atomic E-state index is 6.24. The number of piperidine rings is 1. The SMILES string of the molecule is Cc1ccc(CN2C[C@@H]3CCCO[C@@H]3[C@H](N3CCCC3)C2)s1. The Kier molecular flexibility index (Phi) is 4.54. The van der Waals surface area contributed by atoms with Crippen LogP contribution in [0.15, 0.2) is 12.1 Å². The molecular weight excluding hydrogens is 292 g/mol. The summed E-state index contributed by atoms with van der Waals surface area (Å²) in [6.45, 7) is 9.31. The lowest BCUT2D eigenvalue weighted by molar-refractivity contribution is -0.112. The van der Waals surface area contributed by atoms with Gasteiger partial charge in [0.25, 0.3) is 0 Å². The van der Waals surface area contributed by atoms with Gasteiger partial charge in [0, 0.05) is 42.0 Å². The Morgan fingerprint density at radius 3 is 2.82 bits per heavy atom. The second-order valence-corrected chi connectivity index (χ2v) is 8.63. The smallest absolute Gasteiger partial charge is 0.0782 e. The van der Waals surface area contributed by atoms with Crippen LogP contribution in [0.5, 0.6) is 0 Å². The third kappa shape index (κ3) is 3.12. The number of rotatable bonds is 3. The number of hydrogen-bond donors (Lipinski definition) is 0. The summed E-state index contributed by atoms with van der Waals surface area (Å²) < 4.78 is 6.24. The van der Waals surface area contributed by atoms with Crippen LogP contribution in [0.25, 0.3) is 0 Å². The van der Waals surface area contributed by atoms with Crippen LogP contribution >= 0.6 is 11.3 Å². The molecule has 0 bridgehead atoms. The van der Waals surface area contributed by atoms with Crippen molar-refractivity contribution < 1.29 is 4.74 Å². The largest absolute Gasteiger partial charge is 0.376 e. The van der Waals surface area contributed by atoms with E-state index in [-0.39, 0.29) is 0 Å². The van der Waals surface area contributed by atoms with Crippen molar-refractivity contribution in [3.05, 3.63) is 21.9 Å².